The van der Waals surface area contributed by atoms with Gasteiger partial charge in [-0.15, -0.1) is 0 Å². The number of benzene rings is 2. The summed E-state index contributed by atoms with van der Waals surface area (Å²) in [6, 6.07) is 7.49. The van der Waals surface area contributed by atoms with Crippen LogP contribution in [0.15, 0.2) is 36.4 Å². The highest BCUT2D eigenvalue weighted by Gasteiger charge is 2.32. The zero-order valence-corrected chi connectivity index (χ0v) is 18.0. The van der Waals surface area contributed by atoms with Gasteiger partial charge in [0.05, 0.1) is 49.9 Å². The van der Waals surface area contributed by atoms with Crippen LogP contribution in [0.25, 0.3) is 0 Å². The van der Waals surface area contributed by atoms with Crippen molar-refractivity contribution in [3.63, 3.8) is 0 Å². The number of carbonyl (C=O) groups is 2. The van der Waals surface area contributed by atoms with Crippen molar-refractivity contribution >= 4 is 23.3 Å². The van der Waals surface area contributed by atoms with Crippen molar-refractivity contribution in [3.8, 4) is 11.5 Å². The second kappa shape index (κ2) is 10.4. The van der Waals surface area contributed by atoms with Gasteiger partial charge in [0.25, 0.3) is 5.91 Å². The van der Waals surface area contributed by atoms with Gasteiger partial charge in [0.15, 0.2) is 6.61 Å². The number of morpholine rings is 1. The summed E-state index contributed by atoms with van der Waals surface area (Å²) in [5.74, 6) is -0.901. The fraction of sp³-hybridized carbons (Fsp3) is 0.364. The number of nitrogens with one attached hydrogen (secondary N) is 1. The third kappa shape index (κ3) is 6.28. The van der Waals surface area contributed by atoms with Gasteiger partial charge in [0.1, 0.15) is 11.5 Å². The van der Waals surface area contributed by atoms with E-state index in [1.165, 1.54) is 32.4 Å². The number of anilines is 2. The van der Waals surface area contributed by atoms with E-state index in [-0.39, 0.29) is 11.3 Å². The van der Waals surface area contributed by atoms with E-state index in [1.54, 1.807) is 6.07 Å². The Morgan fingerprint density at radius 3 is 2.24 bits per heavy atom. The number of halogens is 3. The minimum absolute atomic E-state index is 0.0316. The van der Waals surface area contributed by atoms with Crippen LogP contribution in [-0.4, -0.2) is 59.0 Å². The number of hydrogen-bond acceptors (Lipinski definition) is 7. The first kappa shape index (κ1) is 24.2. The van der Waals surface area contributed by atoms with Crippen molar-refractivity contribution in [3.05, 3.63) is 47.5 Å². The molecular formula is C22H23F3N2O6. The Bertz CT molecular complexity index is 984. The van der Waals surface area contributed by atoms with Gasteiger partial charge in [0.2, 0.25) is 0 Å². The van der Waals surface area contributed by atoms with Gasteiger partial charge in [0, 0.05) is 19.2 Å². The molecule has 33 heavy (non-hydrogen) atoms. The summed E-state index contributed by atoms with van der Waals surface area (Å²) >= 11 is 0. The van der Waals surface area contributed by atoms with Gasteiger partial charge >= 0.3 is 12.1 Å². The number of ether oxygens (including phenoxy) is 4. The molecule has 178 valence electrons. The maximum atomic E-state index is 13.2. The zero-order chi connectivity index (χ0) is 24.0. The molecule has 3 rings (SSSR count). The first-order chi connectivity index (χ1) is 15.7. The SMILES string of the molecule is COc1cc(OC)cc(C(=O)OCC(=O)Nc2cc(C(F)(F)F)ccc2N2CCOCC2)c1. The predicted molar refractivity (Wildman–Crippen MR) is 113 cm³/mol. The molecule has 1 fully saturated rings. The number of methoxy groups -OCH3 is 2. The summed E-state index contributed by atoms with van der Waals surface area (Å²) in [6.07, 6.45) is -4.58. The molecule has 1 aliphatic rings. The van der Waals surface area contributed by atoms with Gasteiger partial charge < -0.3 is 29.2 Å². The number of alkyl halides is 3. The summed E-state index contributed by atoms with van der Waals surface area (Å²) < 4.78 is 60.1. The summed E-state index contributed by atoms with van der Waals surface area (Å²) in [7, 11) is 2.83. The molecule has 2 aromatic carbocycles. The first-order valence-corrected chi connectivity index (χ1v) is 9.95. The van der Waals surface area contributed by atoms with E-state index in [0.717, 1.165) is 12.1 Å². The number of esters is 1. The lowest BCUT2D eigenvalue weighted by atomic mass is 10.1. The normalized spacial score (nSPS) is 13.9. The maximum Gasteiger partial charge on any atom is 0.416 e. The third-order valence-corrected chi connectivity index (χ3v) is 4.87. The minimum atomic E-state index is -4.58. The van der Waals surface area contributed by atoms with Crippen LogP contribution in [0.5, 0.6) is 11.5 Å². The van der Waals surface area contributed by atoms with E-state index in [0.29, 0.717) is 43.5 Å². The topological polar surface area (TPSA) is 86.3 Å². The highest BCUT2D eigenvalue weighted by Crippen LogP contribution is 2.35. The van der Waals surface area contributed by atoms with Gasteiger partial charge in [-0.05, 0) is 30.3 Å². The molecule has 0 radical (unpaired) electrons. The van der Waals surface area contributed by atoms with Crippen LogP contribution in [0.1, 0.15) is 15.9 Å². The molecule has 0 aliphatic carbocycles. The molecular weight excluding hydrogens is 445 g/mol. The average molecular weight is 468 g/mol. The Morgan fingerprint density at radius 2 is 1.67 bits per heavy atom. The lowest BCUT2D eigenvalue weighted by Gasteiger charge is -2.31. The minimum Gasteiger partial charge on any atom is -0.497 e. The van der Waals surface area contributed by atoms with Crippen LogP contribution in [0.4, 0.5) is 24.5 Å². The number of nitrogens with zero attached hydrogens (tertiary/aromatic N) is 1. The van der Waals surface area contributed by atoms with Crippen LogP contribution in [0.3, 0.4) is 0 Å². The van der Waals surface area contributed by atoms with Crippen molar-refractivity contribution in [2.75, 3.05) is 57.3 Å². The van der Waals surface area contributed by atoms with Gasteiger partial charge in [-0.25, -0.2) is 4.79 Å². The molecule has 0 atom stereocenters. The van der Waals surface area contributed by atoms with E-state index >= 15 is 0 Å². The Morgan fingerprint density at radius 1 is 1.03 bits per heavy atom. The lowest BCUT2D eigenvalue weighted by molar-refractivity contribution is -0.137. The van der Waals surface area contributed by atoms with Gasteiger partial charge in [-0.3, -0.25) is 4.79 Å². The Kier molecular flexibility index (Phi) is 7.64. The lowest BCUT2D eigenvalue weighted by Crippen LogP contribution is -2.37. The molecule has 2 aromatic rings. The van der Waals surface area contributed by atoms with Crippen molar-refractivity contribution in [2.24, 2.45) is 0 Å². The van der Waals surface area contributed by atoms with Crippen LogP contribution in [0, 0.1) is 0 Å². The fourth-order valence-electron chi connectivity index (χ4n) is 3.22. The average Bonchev–Trinajstić information content (AvgIpc) is 2.82. The molecule has 0 bridgehead atoms. The Labute approximate surface area is 188 Å². The summed E-state index contributed by atoms with van der Waals surface area (Å²) in [6.45, 7) is 1.05. The van der Waals surface area contributed by atoms with Gasteiger partial charge in [-0.2, -0.15) is 13.2 Å². The second-order valence-electron chi connectivity index (χ2n) is 7.05. The van der Waals surface area contributed by atoms with Crippen molar-refractivity contribution in [2.45, 2.75) is 6.18 Å². The van der Waals surface area contributed by atoms with Crippen LogP contribution in [-0.2, 0) is 20.4 Å². The molecule has 1 amide bonds. The highest BCUT2D eigenvalue weighted by atomic mass is 19.4. The van der Waals surface area contributed by atoms with Crippen molar-refractivity contribution in [1.29, 1.82) is 0 Å². The number of hydrogen-bond donors (Lipinski definition) is 1. The van der Waals surface area contributed by atoms with Crippen molar-refractivity contribution in [1.82, 2.24) is 0 Å². The third-order valence-electron chi connectivity index (χ3n) is 4.87. The van der Waals surface area contributed by atoms with E-state index in [1.807, 2.05) is 4.90 Å². The molecule has 11 heteroatoms. The molecule has 0 saturated carbocycles. The molecule has 1 heterocycles. The first-order valence-electron chi connectivity index (χ1n) is 9.95. The van der Waals surface area contributed by atoms with Crippen LogP contribution in [0.2, 0.25) is 0 Å². The summed E-state index contributed by atoms with van der Waals surface area (Å²) in [4.78, 5) is 26.6. The smallest absolute Gasteiger partial charge is 0.416 e. The van der Waals surface area contributed by atoms with E-state index in [9.17, 15) is 22.8 Å². The molecule has 1 aliphatic heterocycles. The largest absolute Gasteiger partial charge is 0.497 e. The quantitative estimate of drug-likeness (QED) is 0.624. The summed E-state index contributed by atoms with van der Waals surface area (Å²) in [5, 5.41) is 2.42. The second-order valence-corrected chi connectivity index (χ2v) is 7.05. The van der Waals surface area contributed by atoms with E-state index in [2.05, 4.69) is 5.32 Å². The maximum absolute atomic E-state index is 13.2. The zero-order valence-electron chi connectivity index (χ0n) is 18.0. The fourth-order valence-corrected chi connectivity index (χ4v) is 3.22. The molecule has 1 saturated heterocycles. The number of rotatable bonds is 7. The standard InChI is InChI=1S/C22H23F3N2O6/c1-30-16-9-14(10-17(12-16)31-2)21(29)33-13-20(28)26-18-11-15(22(23,24)25)3-4-19(18)27-5-7-32-8-6-27/h3-4,9-12H,5-8,13H2,1-2H3,(H,26,28). The predicted octanol–water partition coefficient (Wildman–Crippen LogP) is 3.35. The number of amides is 1. The Balaban J connectivity index is 1.73. The van der Waals surface area contributed by atoms with Crippen LogP contribution >= 0.6 is 0 Å². The van der Waals surface area contributed by atoms with Crippen LogP contribution < -0.4 is 19.7 Å². The Hall–Kier alpha value is -3.47. The number of carbonyl (C=O) groups excluding carboxylic acids is 2. The molecule has 8 nitrogen and oxygen atoms in total. The molecule has 1 N–H and O–H groups in total. The monoisotopic (exact) mass is 468 g/mol. The molecule has 0 unspecified atom stereocenters. The van der Waals surface area contributed by atoms with E-state index < -0.39 is 30.2 Å². The van der Waals surface area contributed by atoms with Gasteiger partial charge in [-0.1, -0.05) is 0 Å². The summed E-state index contributed by atoms with van der Waals surface area (Å²) in [5.41, 5.74) is -0.429. The van der Waals surface area contributed by atoms with Crippen molar-refractivity contribution < 1.29 is 41.7 Å². The molecule has 0 aromatic heterocycles. The highest BCUT2D eigenvalue weighted by molar-refractivity contribution is 5.98. The van der Waals surface area contributed by atoms with E-state index in [4.69, 9.17) is 18.9 Å². The molecule has 0 spiro atoms.